The monoisotopic (exact) mass is 569 g/mol. The van der Waals surface area contributed by atoms with Crippen LogP contribution in [0.2, 0.25) is 0 Å². The van der Waals surface area contributed by atoms with E-state index in [2.05, 4.69) is 16.7 Å². The fourth-order valence-corrected chi connectivity index (χ4v) is 4.17. The molecule has 0 bridgehead atoms. The molecule has 1 saturated carbocycles. The molecule has 1 aliphatic heterocycles. The zero-order valence-electron chi connectivity index (χ0n) is 19.4. The maximum Gasteiger partial charge on any atom is 0.191 e. The number of halogens is 1. The Morgan fingerprint density at radius 3 is 2.76 bits per heavy atom. The molecule has 33 heavy (non-hydrogen) atoms. The highest BCUT2D eigenvalue weighted by Crippen LogP contribution is 2.30. The topological polar surface area (TPSA) is 77.2 Å². The molecule has 1 saturated heterocycles. The molecule has 2 aromatic rings. The first-order valence-electron chi connectivity index (χ1n) is 11.8. The molecule has 8 heteroatoms. The van der Waals surface area contributed by atoms with Gasteiger partial charge in [-0.25, -0.2) is 4.99 Å². The third kappa shape index (κ3) is 8.10. The summed E-state index contributed by atoms with van der Waals surface area (Å²) in [7, 11) is 1.68. The van der Waals surface area contributed by atoms with Gasteiger partial charge in [-0.2, -0.15) is 0 Å². The molecule has 182 valence electrons. The van der Waals surface area contributed by atoms with E-state index in [0.717, 1.165) is 80.8 Å². The van der Waals surface area contributed by atoms with E-state index in [1.165, 1.54) is 12.8 Å². The Bertz CT molecular complexity index is 847. The molecule has 1 unspecified atom stereocenters. The first kappa shape index (κ1) is 25.7. The summed E-state index contributed by atoms with van der Waals surface area (Å²) in [5.74, 6) is 3.96. The molecule has 7 nitrogen and oxygen atoms in total. The Balaban J connectivity index is 0.00000306. The van der Waals surface area contributed by atoms with E-state index < -0.39 is 0 Å². The van der Waals surface area contributed by atoms with E-state index in [1.54, 1.807) is 13.4 Å². The third-order valence-corrected chi connectivity index (χ3v) is 6.10. The van der Waals surface area contributed by atoms with Gasteiger partial charge in [-0.3, -0.25) is 0 Å². The van der Waals surface area contributed by atoms with Crippen LogP contribution in [0.25, 0.3) is 0 Å². The summed E-state index contributed by atoms with van der Waals surface area (Å²) < 4.78 is 22.7. The predicted molar refractivity (Wildman–Crippen MR) is 140 cm³/mol. The van der Waals surface area contributed by atoms with Crippen LogP contribution in [0, 0.1) is 5.92 Å². The Morgan fingerprint density at radius 2 is 2.03 bits per heavy atom. The maximum atomic E-state index is 6.33. The van der Waals surface area contributed by atoms with E-state index in [1.807, 2.05) is 24.3 Å². The van der Waals surface area contributed by atoms with Gasteiger partial charge < -0.3 is 29.3 Å². The summed E-state index contributed by atoms with van der Waals surface area (Å²) in [6.07, 6.45) is 8.59. The number of hydrogen-bond donors (Lipinski definition) is 2. The Hall–Kier alpha value is -1.94. The van der Waals surface area contributed by atoms with Crippen LogP contribution in [0.5, 0.6) is 11.5 Å². The average Bonchev–Trinajstić information content (AvgIpc) is 3.60. The number of guanidine groups is 1. The second kappa shape index (κ2) is 13.7. The first-order chi connectivity index (χ1) is 15.8. The summed E-state index contributed by atoms with van der Waals surface area (Å²) in [5, 5.41) is 6.93. The lowest BCUT2D eigenvalue weighted by Crippen LogP contribution is -2.40. The van der Waals surface area contributed by atoms with Crippen LogP contribution in [-0.2, 0) is 17.7 Å². The van der Waals surface area contributed by atoms with Gasteiger partial charge in [0.15, 0.2) is 5.96 Å². The molecule has 2 heterocycles. The smallest absolute Gasteiger partial charge is 0.191 e. The highest BCUT2D eigenvalue weighted by Gasteiger charge is 2.19. The van der Waals surface area contributed by atoms with Crippen LogP contribution >= 0.6 is 24.0 Å². The minimum atomic E-state index is 0. The Morgan fingerprint density at radius 1 is 1.15 bits per heavy atom. The predicted octanol–water partition coefficient (Wildman–Crippen LogP) is 4.54. The molecule has 1 aliphatic carbocycles. The fraction of sp³-hybridized carbons (Fsp3) is 0.560. The number of rotatable bonds is 10. The number of nitrogens with one attached hydrogen (secondary N) is 2. The number of hydrogen-bond acceptors (Lipinski definition) is 5. The molecule has 1 atom stereocenters. The standard InChI is InChI=1S/C25H35N3O4.HI/c1-29-23-9-8-20(24(15-23)32-22-5-2-3-6-22)17-28-25(27-16-19-11-14-30-18-19)26-12-10-21-7-4-13-31-21;/h4,7-9,13,15,19,22H,2-3,5-6,10-12,14,16-18H2,1H3,(H2,26,27,28);1H. The van der Waals surface area contributed by atoms with E-state index >= 15 is 0 Å². The summed E-state index contributed by atoms with van der Waals surface area (Å²) in [6, 6.07) is 9.91. The van der Waals surface area contributed by atoms with Crippen molar-refractivity contribution in [1.82, 2.24) is 10.6 Å². The van der Waals surface area contributed by atoms with Gasteiger partial charge in [0.25, 0.3) is 0 Å². The quantitative estimate of drug-likeness (QED) is 0.249. The van der Waals surface area contributed by atoms with Crippen molar-refractivity contribution in [3.8, 4) is 11.5 Å². The zero-order valence-corrected chi connectivity index (χ0v) is 21.7. The van der Waals surface area contributed by atoms with Crippen molar-refractivity contribution in [2.24, 2.45) is 10.9 Å². The zero-order chi connectivity index (χ0) is 22.0. The van der Waals surface area contributed by atoms with Crippen molar-refractivity contribution in [1.29, 1.82) is 0 Å². The van der Waals surface area contributed by atoms with Gasteiger partial charge in [0.1, 0.15) is 17.3 Å². The number of nitrogens with zero attached hydrogens (tertiary/aromatic N) is 1. The van der Waals surface area contributed by atoms with Crippen molar-refractivity contribution in [3.05, 3.63) is 47.9 Å². The lowest BCUT2D eigenvalue weighted by molar-refractivity contribution is 0.186. The normalized spacial score (nSPS) is 18.7. The van der Waals surface area contributed by atoms with Crippen molar-refractivity contribution >= 4 is 29.9 Å². The number of aliphatic imine (C=N–C) groups is 1. The molecule has 2 aliphatic rings. The van der Waals surface area contributed by atoms with Crippen LogP contribution in [0.3, 0.4) is 0 Å². The SMILES string of the molecule is COc1ccc(CN=C(NCCc2ccco2)NCC2CCOC2)c(OC2CCCC2)c1.I. The summed E-state index contributed by atoms with van der Waals surface area (Å²) in [5.41, 5.74) is 1.06. The summed E-state index contributed by atoms with van der Waals surface area (Å²) >= 11 is 0. The lowest BCUT2D eigenvalue weighted by Gasteiger charge is -2.18. The van der Waals surface area contributed by atoms with Crippen molar-refractivity contribution < 1.29 is 18.6 Å². The number of furan rings is 1. The number of ether oxygens (including phenoxy) is 3. The van der Waals surface area contributed by atoms with Crippen LogP contribution in [0.4, 0.5) is 0 Å². The summed E-state index contributed by atoms with van der Waals surface area (Å²) in [4.78, 5) is 4.87. The largest absolute Gasteiger partial charge is 0.497 e. The Kier molecular flexibility index (Phi) is 10.7. The van der Waals surface area contributed by atoms with Gasteiger partial charge in [-0.15, -0.1) is 24.0 Å². The van der Waals surface area contributed by atoms with Crippen LogP contribution in [0.1, 0.15) is 43.4 Å². The van der Waals surface area contributed by atoms with E-state index in [4.69, 9.17) is 23.6 Å². The van der Waals surface area contributed by atoms with Crippen molar-refractivity contribution in [2.75, 3.05) is 33.4 Å². The number of methoxy groups -OCH3 is 1. The molecule has 1 aromatic carbocycles. The van der Waals surface area contributed by atoms with E-state index in [9.17, 15) is 0 Å². The molecular formula is C25H36IN3O4. The minimum absolute atomic E-state index is 0. The second-order valence-corrected chi connectivity index (χ2v) is 8.53. The molecule has 0 spiro atoms. The van der Waals surface area contributed by atoms with Gasteiger partial charge in [0.2, 0.25) is 0 Å². The van der Waals surface area contributed by atoms with E-state index in [-0.39, 0.29) is 30.1 Å². The average molecular weight is 569 g/mol. The second-order valence-electron chi connectivity index (χ2n) is 8.53. The minimum Gasteiger partial charge on any atom is -0.497 e. The van der Waals surface area contributed by atoms with Crippen molar-refractivity contribution in [2.45, 2.75) is 51.2 Å². The summed E-state index contributed by atoms with van der Waals surface area (Å²) in [6.45, 7) is 3.78. The highest BCUT2D eigenvalue weighted by molar-refractivity contribution is 14.0. The first-order valence-corrected chi connectivity index (χ1v) is 11.8. The van der Waals surface area contributed by atoms with E-state index in [0.29, 0.717) is 12.5 Å². The van der Waals surface area contributed by atoms with Crippen LogP contribution in [-0.4, -0.2) is 45.5 Å². The molecule has 4 rings (SSSR count). The van der Waals surface area contributed by atoms with Crippen LogP contribution < -0.4 is 20.1 Å². The van der Waals surface area contributed by atoms with Gasteiger partial charge in [0, 0.05) is 43.7 Å². The lowest BCUT2D eigenvalue weighted by atomic mass is 10.1. The van der Waals surface area contributed by atoms with Gasteiger partial charge >= 0.3 is 0 Å². The molecule has 0 amide bonds. The molecular weight excluding hydrogens is 533 g/mol. The van der Waals surface area contributed by atoms with Gasteiger partial charge in [0.05, 0.1) is 32.6 Å². The molecule has 1 aromatic heterocycles. The highest BCUT2D eigenvalue weighted by atomic mass is 127. The maximum absolute atomic E-state index is 6.33. The molecule has 2 N–H and O–H groups in total. The number of benzene rings is 1. The van der Waals surface area contributed by atoms with Crippen LogP contribution in [0.15, 0.2) is 46.0 Å². The van der Waals surface area contributed by atoms with Gasteiger partial charge in [-0.1, -0.05) is 0 Å². The molecule has 2 fully saturated rings. The molecule has 0 radical (unpaired) electrons. The van der Waals surface area contributed by atoms with Crippen molar-refractivity contribution in [3.63, 3.8) is 0 Å². The van der Waals surface area contributed by atoms with Gasteiger partial charge in [-0.05, 0) is 56.4 Å². The fourth-order valence-electron chi connectivity index (χ4n) is 4.17. The third-order valence-electron chi connectivity index (χ3n) is 6.10. The Labute approximate surface area is 213 Å².